The Bertz CT molecular complexity index is 313. The summed E-state index contributed by atoms with van der Waals surface area (Å²) in [5.41, 5.74) is 5.61. The highest BCUT2D eigenvalue weighted by atomic mass is 19.1. The van der Waals surface area contributed by atoms with E-state index in [0.29, 0.717) is 5.69 Å². The number of nitrogens with one attached hydrogen (secondary N) is 1. The molecule has 0 unspecified atom stereocenters. The molecule has 0 aromatic heterocycles. The van der Waals surface area contributed by atoms with Crippen LogP contribution in [0.4, 0.5) is 10.1 Å². The van der Waals surface area contributed by atoms with Gasteiger partial charge >= 0.3 is 0 Å². The van der Waals surface area contributed by atoms with Crippen LogP contribution in [0.15, 0.2) is 18.2 Å². The number of nitrogen functional groups attached to an aromatic ring is 1. The number of nitrogens with two attached hydrogens (primary N) is 1. The second-order valence-electron chi connectivity index (χ2n) is 2.32. The van der Waals surface area contributed by atoms with Gasteiger partial charge in [-0.3, -0.25) is 4.79 Å². The first kappa shape index (κ1) is 12.4. The molecular weight excluding hydrogens is 183 g/mol. The Kier molecular flexibility index (Phi) is 5.29. The van der Waals surface area contributed by atoms with Gasteiger partial charge in [-0.05, 0) is 18.2 Å². The monoisotopic (exact) mass is 198 g/mol. The second-order valence-corrected chi connectivity index (χ2v) is 2.32. The van der Waals surface area contributed by atoms with Crippen LogP contribution in [-0.4, -0.2) is 13.0 Å². The third kappa shape index (κ3) is 3.05. The van der Waals surface area contributed by atoms with Crippen LogP contribution >= 0.6 is 0 Å². The maximum absolute atomic E-state index is 12.9. The molecule has 0 aliphatic rings. The van der Waals surface area contributed by atoms with Crippen LogP contribution in [-0.2, 0) is 0 Å². The van der Waals surface area contributed by atoms with E-state index in [4.69, 9.17) is 5.73 Å². The minimum atomic E-state index is -0.602. The molecule has 0 heterocycles. The van der Waals surface area contributed by atoms with Crippen LogP contribution in [0.2, 0.25) is 0 Å². The molecule has 0 aliphatic heterocycles. The predicted octanol–water partition coefficient (Wildman–Crippen LogP) is 1.79. The van der Waals surface area contributed by atoms with Crippen molar-refractivity contribution in [2.75, 3.05) is 12.8 Å². The van der Waals surface area contributed by atoms with Crippen molar-refractivity contribution in [3.8, 4) is 0 Å². The fourth-order valence-corrected chi connectivity index (χ4v) is 0.850. The smallest absolute Gasteiger partial charge is 0.253 e. The van der Waals surface area contributed by atoms with Crippen molar-refractivity contribution in [1.82, 2.24) is 5.32 Å². The molecule has 1 aromatic carbocycles. The highest BCUT2D eigenvalue weighted by molar-refractivity contribution is 5.94. The third-order valence-electron chi connectivity index (χ3n) is 1.46. The number of halogens is 1. The van der Waals surface area contributed by atoms with Crippen LogP contribution in [0.3, 0.4) is 0 Å². The van der Waals surface area contributed by atoms with Crippen LogP contribution in [0.25, 0.3) is 0 Å². The zero-order valence-electron chi connectivity index (χ0n) is 8.60. The van der Waals surface area contributed by atoms with Crippen molar-refractivity contribution in [3.63, 3.8) is 0 Å². The minimum absolute atomic E-state index is 0.00620. The maximum Gasteiger partial charge on any atom is 0.253 e. The maximum atomic E-state index is 12.9. The van der Waals surface area contributed by atoms with Crippen LogP contribution in [0.1, 0.15) is 24.2 Å². The Labute approximate surface area is 83.1 Å². The van der Waals surface area contributed by atoms with Gasteiger partial charge in [-0.2, -0.15) is 0 Å². The summed E-state index contributed by atoms with van der Waals surface area (Å²) in [6.45, 7) is 4.00. The van der Waals surface area contributed by atoms with Gasteiger partial charge in [0.15, 0.2) is 0 Å². The van der Waals surface area contributed by atoms with Gasteiger partial charge in [-0.15, -0.1) is 0 Å². The van der Waals surface area contributed by atoms with E-state index < -0.39 is 11.7 Å². The van der Waals surface area contributed by atoms with Crippen molar-refractivity contribution in [2.24, 2.45) is 0 Å². The van der Waals surface area contributed by atoms with Gasteiger partial charge < -0.3 is 11.1 Å². The molecule has 78 valence electrons. The van der Waals surface area contributed by atoms with Gasteiger partial charge in [-0.25, -0.2) is 4.39 Å². The molecule has 3 nitrogen and oxygen atoms in total. The summed E-state index contributed by atoms with van der Waals surface area (Å²) < 4.78 is 12.9. The number of hydrogen-bond acceptors (Lipinski definition) is 2. The Morgan fingerprint density at radius 3 is 2.43 bits per heavy atom. The molecule has 0 aliphatic carbocycles. The number of anilines is 1. The molecular formula is C10H15FN2O. The SMILES string of the molecule is CC.CNC(=O)c1ccc(N)cc1F. The quantitative estimate of drug-likeness (QED) is 0.676. The highest BCUT2D eigenvalue weighted by Gasteiger charge is 2.08. The number of hydrogen-bond donors (Lipinski definition) is 2. The standard InChI is InChI=1S/C8H9FN2O.C2H6/c1-11-8(12)6-3-2-5(10)4-7(6)9;1-2/h2-4H,10H2,1H3,(H,11,12);1-2H3. The number of amides is 1. The van der Waals surface area contributed by atoms with E-state index in [9.17, 15) is 9.18 Å². The van der Waals surface area contributed by atoms with E-state index in [0.717, 1.165) is 6.07 Å². The summed E-state index contributed by atoms with van der Waals surface area (Å²) in [5, 5.41) is 2.32. The van der Waals surface area contributed by atoms with E-state index in [1.165, 1.54) is 19.2 Å². The largest absolute Gasteiger partial charge is 0.399 e. The Hall–Kier alpha value is -1.58. The lowest BCUT2D eigenvalue weighted by Gasteiger charge is -2.01. The molecule has 1 rings (SSSR count). The van der Waals surface area contributed by atoms with Crippen molar-refractivity contribution < 1.29 is 9.18 Å². The minimum Gasteiger partial charge on any atom is -0.399 e. The predicted molar refractivity (Wildman–Crippen MR) is 55.6 cm³/mol. The van der Waals surface area contributed by atoms with Crippen molar-refractivity contribution in [3.05, 3.63) is 29.6 Å². The van der Waals surface area contributed by atoms with E-state index in [2.05, 4.69) is 5.32 Å². The van der Waals surface area contributed by atoms with Crippen molar-refractivity contribution >= 4 is 11.6 Å². The Balaban J connectivity index is 0.000000791. The van der Waals surface area contributed by atoms with E-state index >= 15 is 0 Å². The van der Waals surface area contributed by atoms with E-state index in [1.54, 1.807) is 0 Å². The van der Waals surface area contributed by atoms with Crippen LogP contribution < -0.4 is 11.1 Å². The summed E-state index contributed by atoms with van der Waals surface area (Å²) in [6, 6.07) is 3.95. The molecule has 4 heteroatoms. The summed E-state index contributed by atoms with van der Waals surface area (Å²) >= 11 is 0. The van der Waals surface area contributed by atoms with Gasteiger partial charge in [0, 0.05) is 12.7 Å². The fraction of sp³-hybridized carbons (Fsp3) is 0.300. The average Bonchev–Trinajstić information content (AvgIpc) is 2.20. The van der Waals surface area contributed by atoms with Crippen molar-refractivity contribution in [1.29, 1.82) is 0 Å². The van der Waals surface area contributed by atoms with Gasteiger partial charge in [0.2, 0.25) is 0 Å². The summed E-state index contributed by atoms with van der Waals surface area (Å²) in [5.74, 6) is -1.05. The molecule has 0 spiro atoms. The fourth-order valence-electron chi connectivity index (χ4n) is 0.850. The average molecular weight is 198 g/mol. The number of benzene rings is 1. The molecule has 0 radical (unpaired) electrons. The number of rotatable bonds is 1. The summed E-state index contributed by atoms with van der Waals surface area (Å²) in [6.07, 6.45) is 0. The number of carbonyl (C=O) groups excluding carboxylic acids is 1. The topological polar surface area (TPSA) is 55.1 Å². The van der Waals surface area contributed by atoms with Gasteiger partial charge in [0.05, 0.1) is 5.56 Å². The highest BCUT2D eigenvalue weighted by Crippen LogP contribution is 2.11. The first-order valence-corrected chi connectivity index (χ1v) is 4.42. The lowest BCUT2D eigenvalue weighted by molar-refractivity contribution is 0.0959. The lowest BCUT2D eigenvalue weighted by Crippen LogP contribution is -2.19. The molecule has 1 amide bonds. The number of carbonyl (C=O) groups is 1. The molecule has 3 N–H and O–H groups in total. The second kappa shape index (κ2) is 5.96. The molecule has 0 atom stereocenters. The van der Waals surface area contributed by atoms with E-state index in [1.807, 2.05) is 13.8 Å². The lowest BCUT2D eigenvalue weighted by atomic mass is 10.2. The molecule has 14 heavy (non-hydrogen) atoms. The normalized spacial score (nSPS) is 8.57. The van der Waals surface area contributed by atoms with E-state index in [-0.39, 0.29) is 5.56 Å². The van der Waals surface area contributed by atoms with Gasteiger partial charge in [0.25, 0.3) is 5.91 Å². The Morgan fingerprint density at radius 1 is 1.43 bits per heavy atom. The Morgan fingerprint density at radius 2 is 2.00 bits per heavy atom. The van der Waals surface area contributed by atoms with Crippen LogP contribution in [0.5, 0.6) is 0 Å². The van der Waals surface area contributed by atoms with Gasteiger partial charge in [-0.1, -0.05) is 13.8 Å². The van der Waals surface area contributed by atoms with Gasteiger partial charge in [0.1, 0.15) is 5.82 Å². The molecule has 0 bridgehead atoms. The molecule has 0 saturated heterocycles. The first-order valence-electron chi connectivity index (χ1n) is 4.42. The van der Waals surface area contributed by atoms with Crippen molar-refractivity contribution in [2.45, 2.75) is 13.8 Å². The third-order valence-corrected chi connectivity index (χ3v) is 1.46. The first-order chi connectivity index (χ1) is 6.65. The summed E-state index contributed by atoms with van der Waals surface area (Å²) in [4.78, 5) is 11.0. The summed E-state index contributed by atoms with van der Waals surface area (Å²) in [7, 11) is 1.44. The zero-order chi connectivity index (χ0) is 11.1. The zero-order valence-corrected chi connectivity index (χ0v) is 8.60. The molecule has 0 saturated carbocycles. The molecule has 1 aromatic rings. The molecule has 0 fully saturated rings. The van der Waals surface area contributed by atoms with Crippen LogP contribution in [0, 0.1) is 5.82 Å².